The van der Waals surface area contributed by atoms with Crippen LogP contribution in [0.5, 0.6) is 5.75 Å². The van der Waals surface area contributed by atoms with Crippen LogP contribution in [0.1, 0.15) is 17.3 Å². The Hall–Kier alpha value is -2.63. The van der Waals surface area contributed by atoms with E-state index in [-0.39, 0.29) is 30.0 Å². The molecule has 1 aliphatic rings. The van der Waals surface area contributed by atoms with Crippen molar-refractivity contribution >= 4 is 29.9 Å². The van der Waals surface area contributed by atoms with Gasteiger partial charge in [0.1, 0.15) is 12.0 Å². The number of hydrogen-bond acceptors (Lipinski definition) is 6. The standard InChI is InChI=1S/C25H31N5O3.HI/c1-26-25(27-16-21-18-33-24(29-21)20-6-4-3-5-7-20)28-17-23(30-12-14-32-15-13-30)19-8-10-22(31-2)11-9-19;/h3-11,18,23H,12-17H2,1-2H3,(H2,26,27,28);1H. The predicted molar refractivity (Wildman–Crippen MR) is 144 cm³/mol. The molecule has 1 aromatic heterocycles. The lowest BCUT2D eigenvalue weighted by molar-refractivity contribution is 0.0170. The molecule has 2 aromatic carbocycles. The highest BCUT2D eigenvalue weighted by Crippen LogP contribution is 2.24. The van der Waals surface area contributed by atoms with E-state index in [1.165, 1.54) is 5.56 Å². The highest BCUT2D eigenvalue weighted by molar-refractivity contribution is 14.0. The van der Waals surface area contributed by atoms with Crippen LogP contribution in [-0.4, -0.2) is 62.8 Å². The van der Waals surface area contributed by atoms with Gasteiger partial charge in [0, 0.05) is 32.2 Å². The summed E-state index contributed by atoms with van der Waals surface area (Å²) in [7, 11) is 3.45. The number of oxazole rings is 1. The average Bonchev–Trinajstić information content (AvgIpc) is 3.36. The van der Waals surface area contributed by atoms with E-state index in [0.717, 1.165) is 43.3 Å². The van der Waals surface area contributed by atoms with Crippen LogP contribution in [0.25, 0.3) is 11.5 Å². The van der Waals surface area contributed by atoms with Crippen molar-refractivity contribution in [3.05, 3.63) is 72.1 Å². The number of aliphatic imine (C=N–C) groups is 1. The van der Waals surface area contributed by atoms with E-state index in [2.05, 4.69) is 37.6 Å². The van der Waals surface area contributed by atoms with E-state index >= 15 is 0 Å². The fourth-order valence-electron chi connectivity index (χ4n) is 3.86. The topological polar surface area (TPSA) is 84.2 Å². The van der Waals surface area contributed by atoms with Gasteiger partial charge < -0.3 is 24.5 Å². The van der Waals surface area contributed by atoms with Crippen molar-refractivity contribution in [1.82, 2.24) is 20.5 Å². The van der Waals surface area contributed by atoms with Crippen LogP contribution in [0.2, 0.25) is 0 Å². The van der Waals surface area contributed by atoms with Crippen molar-refractivity contribution in [3.8, 4) is 17.2 Å². The summed E-state index contributed by atoms with van der Waals surface area (Å²) in [6, 6.07) is 18.3. The molecule has 4 rings (SSSR count). The molecule has 2 heterocycles. The highest BCUT2D eigenvalue weighted by Gasteiger charge is 2.23. The summed E-state index contributed by atoms with van der Waals surface area (Å²) in [5, 5.41) is 6.80. The Morgan fingerprint density at radius 2 is 1.82 bits per heavy atom. The van der Waals surface area contributed by atoms with E-state index in [4.69, 9.17) is 13.9 Å². The third kappa shape index (κ3) is 6.94. The first-order valence-corrected chi connectivity index (χ1v) is 11.2. The molecule has 1 unspecified atom stereocenters. The van der Waals surface area contributed by atoms with Crippen molar-refractivity contribution in [2.45, 2.75) is 12.6 Å². The lowest BCUT2D eigenvalue weighted by Gasteiger charge is -2.35. The number of rotatable bonds is 8. The van der Waals surface area contributed by atoms with Crippen LogP contribution in [0.15, 0.2) is 70.3 Å². The third-order valence-corrected chi connectivity index (χ3v) is 5.68. The van der Waals surface area contributed by atoms with E-state index in [9.17, 15) is 0 Å². The summed E-state index contributed by atoms with van der Waals surface area (Å²) in [6.45, 7) is 4.50. The number of ether oxygens (including phenoxy) is 2. The van der Waals surface area contributed by atoms with Crippen LogP contribution in [0, 0.1) is 0 Å². The number of methoxy groups -OCH3 is 1. The molecule has 1 saturated heterocycles. The molecule has 0 amide bonds. The van der Waals surface area contributed by atoms with Gasteiger partial charge in [-0.2, -0.15) is 0 Å². The second kappa shape index (κ2) is 13.3. The van der Waals surface area contributed by atoms with E-state index < -0.39 is 0 Å². The van der Waals surface area contributed by atoms with Crippen molar-refractivity contribution in [2.24, 2.45) is 4.99 Å². The molecule has 8 nitrogen and oxygen atoms in total. The molecule has 0 bridgehead atoms. The first-order chi connectivity index (χ1) is 16.3. The SMILES string of the molecule is CN=C(NCc1coc(-c2ccccc2)n1)NCC(c1ccc(OC)cc1)N1CCOCC1.I. The highest BCUT2D eigenvalue weighted by atomic mass is 127. The molecule has 182 valence electrons. The Bertz CT molecular complexity index is 1020. The Labute approximate surface area is 217 Å². The molecule has 1 aliphatic heterocycles. The van der Waals surface area contributed by atoms with Crippen molar-refractivity contribution < 1.29 is 13.9 Å². The smallest absolute Gasteiger partial charge is 0.226 e. The normalized spacial score (nSPS) is 15.3. The minimum Gasteiger partial charge on any atom is -0.497 e. The van der Waals surface area contributed by atoms with Crippen LogP contribution < -0.4 is 15.4 Å². The molecular weight excluding hydrogens is 545 g/mol. The second-order valence-corrected chi connectivity index (χ2v) is 7.75. The Morgan fingerprint density at radius 1 is 1.09 bits per heavy atom. The number of halogens is 1. The maximum atomic E-state index is 5.63. The van der Waals surface area contributed by atoms with Crippen LogP contribution in [-0.2, 0) is 11.3 Å². The lowest BCUT2D eigenvalue weighted by Crippen LogP contribution is -2.46. The summed E-state index contributed by atoms with van der Waals surface area (Å²) in [4.78, 5) is 11.4. The van der Waals surface area contributed by atoms with Crippen LogP contribution >= 0.6 is 24.0 Å². The number of guanidine groups is 1. The number of morpholine rings is 1. The number of aromatic nitrogens is 1. The molecule has 2 N–H and O–H groups in total. The molecule has 1 fully saturated rings. The fourth-order valence-corrected chi connectivity index (χ4v) is 3.86. The van der Waals surface area contributed by atoms with Gasteiger partial charge in [0.05, 0.1) is 38.6 Å². The maximum Gasteiger partial charge on any atom is 0.226 e. The van der Waals surface area contributed by atoms with Crippen LogP contribution in [0.4, 0.5) is 0 Å². The monoisotopic (exact) mass is 577 g/mol. The zero-order chi connectivity index (χ0) is 22.9. The Morgan fingerprint density at radius 3 is 2.50 bits per heavy atom. The first kappa shape index (κ1) is 26.0. The number of hydrogen-bond donors (Lipinski definition) is 2. The Balaban J connectivity index is 0.00000324. The number of benzene rings is 2. The average molecular weight is 577 g/mol. The molecule has 0 radical (unpaired) electrons. The second-order valence-electron chi connectivity index (χ2n) is 7.75. The minimum atomic E-state index is 0. The Kier molecular flexibility index (Phi) is 10.2. The van der Waals surface area contributed by atoms with Gasteiger partial charge in [0.15, 0.2) is 5.96 Å². The zero-order valence-electron chi connectivity index (χ0n) is 19.6. The molecule has 0 spiro atoms. The van der Waals surface area contributed by atoms with E-state index in [0.29, 0.717) is 24.9 Å². The zero-order valence-corrected chi connectivity index (χ0v) is 21.9. The maximum absolute atomic E-state index is 5.63. The fraction of sp³-hybridized carbons (Fsp3) is 0.360. The molecule has 34 heavy (non-hydrogen) atoms. The van der Waals surface area contributed by atoms with Gasteiger partial charge >= 0.3 is 0 Å². The van der Waals surface area contributed by atoms with Gasteiger partial charge in [-0.25, -0.2) is 4.98 Å². The van der Waals surface area contributed by atoms with Crippen LogP contribution in [0.3, 0.4) is 0 Å². The van der Waals surface area contributed by atoms with Gasteiger partial charge in [-0.05, 0) is 29.8 Å². The van der Waals surface area contributed by atoms with E-state index in [1.807, 2.05) is 42.5 Å². The molecule has 1 atom stereocenters. The number of nitrogens with one attached hydrogen (secondary N) is 2. The van der Waals surface area contributed by atoms with Gasteiger partial charge in [-0.3, -0.25) is 9.89 Å². The van der Waals surface area contributed by atoms with Gasteiger partial charge in [0.2, 0.25) is 5.89 Å². The summed E-state index contributed by atoms with van der Waals surface area (Å²) >= 11 is 0. The van der Waals surface area contributed by atoms with E-state index in [1.54, 1.807) is 20.4 Å². The van der Waals surface area contributed by atoms with Crippen molar-refractivity contribution in [2.75, 3.05) is 47.0 Å². The van der Waals surface area contributed by atoms with Crippen molar-refractivity contribution in [3.63, 3.8) is 0 Å². The molecule has 3 aromatic rings. The summed E-state index contributed by atoms with van der Waals surface area (Å²) < 4.78 is 16.5. The lowest BCUT2D eigenvalue weighted by atomic mass is 10.0. The predicted octanol–water partition coefficient (Wildman–Crippen LogP) is 3.71. The molecular formula is C25H32IN5O3. The van der Waals surface area contributed by atoms with Crippen molar-refractivity contribution in [1.29, 1.82) is 0 Å². The van der Waals surface area contributed by atoms with Gasteiger partial charge in [-0.15, -0.1) is 24.0 Å². The molecule has 0 aliphatic carbocycles. The molecule has 9 heteroatoms. The summed E-state index contributed by atoms with van der Waals surface area (Å²) in [6.07, 6.45) is 1.68. The third-order valence-electron chi connectivity index (χ3n) is 5.68. The molecule has 0 saturated carbocycles. The quantitative estimate of drug-likeness (QED) is 0.240. The van der Waals surface area contributed by atoms with Gasteiger partial charge in [-0.1, -0.05) is 30.3 Å². The minimum absolute atomic E-state index is 0. The van der Waals surface area contributed by atoms with Gasteiger partial charge in [0.25, 0.3) is 0 Å². The summed E-state index contributed by atoms with van der Waals surface area (Å²) in [5.74, 6) is 2.18. The first-order valence-electron chi connectivity index (χ1n) is 11.2. The summed E-state index contributed by atoms with van der Waals surface area (Å²) in [5.41, 5.74) is 3.00. The largest absolute Gasteiger partial charge is 0.497 e. The number of nitrogens with zero attached hydrogens (tertiary/aromatic N) is 3.